The van der Waals surface area contributed by atoms with Gasteiger partial charge in [-0.15, -0.1) is 0 Å². The van der Waals surface area contributed by atoms with Gasteiger partial charge < -0.3 is 15.7 Å². The van der Waals surface area contributed by atoms with E-state index < -0.39 is 0 Å². The Labute approximate surface area is 130 Å². The fourth-order valence-electron chi connectivity index (χ4n) is 2.22. The number of carbonyl (C=O) groups excluding carboxylic acids is 1. The Hall–Kier alpha value is -2.34. The molecule has 2 rings (SSSR count). The van der Waals surface area contributed by atoms with Crippen molar-refractivity contribution in [3.8, 4) is 0 Å². The molecule has 2 amide bonds. The molecule has 6 heteroatoms. The minimum absolute atomic E-state index is 0.0164. The molecule has 1 unspecified atom stereocenters. The molecule has 0 fully saturated rings. The highest BCUT2D eigenvalue weighted by atomic mass is 16.3. The lowest BCUT2D eigenvalue weighted by Crippen LogP contribution is -2.38. The second-order valence-corrected chi connectivity index (χ2v) is 5.12. The summed E-state index contributed by atoms with van der Waals surface area (Å²) in [5.74, 6) is 0. The van der Waals surface area contributed by atoms with Crippen molar-refractivity contribution >= 4 is 11.7 Å². The van der Waals surface area contributed by atoms with E-state index >= 15 is 0 Å². The van der Waals surface area contributed by atoms with Crippen LogP contribution in [-0.2, 0) is 6.54 Å². The van der Waals surface area contributed by atoms with Crippen LogP contribution < -0.4 is 10.6 Å². The number of benzene rings is 1. The molecule has 0 aliphatic rings. The summed E-state index contributed by atoms with van der Waals surface area (Å²) in [6, 6.07) is 9.27. The Bertz CT molecular complexity index is 584. The van der Waals surface area contributed by atoms with Crippen LogP contribution in [0.5, 0.6) is 0 Å². The molecule has 0 aliphatic heterocycles. The number of rotatable bonds is 7. The van der Waals surface area contributed by atoms with Gasteiger partial charge in [0.2, 0.25) is 0 Å². The molecule has 22 heavy (non-hydrogen) atoms. The number of carbonyl (C=O) groups is 1. The van der Waals surface area contributed by atoms with Crippen LogP contribution in [0.4, 0.5) is 10.5 Å². The molecule has 0 spiro atoms. The third-order valence-corrected chi connectivity index (χ3v) is 3.39. The largest absolute Gasteiger partial charge is 0.396 e. The van der Waals surface area contributed by atoms with E-state index in [9.17, 15) is 4.79 Å². The molecule has 0 bridgehead atoms. The lowest BCUT2D eigenvalue weighted by Gasteiger charge is -2.16. The minimum Gasteiger partial charge on any atom is -0.396 e. The summed E-state index contributed by atoms with van der Waals surface area (Å²) in [6.45, 7) is 2.70. The predicted octanol–water partition coefficient (Wildman–Crippen LogP) is 2.21. The van der Waals surface area contributed by atoms with Gasteiger partial charge in [0, 0.05) is 30.7 Å². The van der Waals surface area contributed by atoms with Gasteiger partial charge in [-0.2, -0.15) is 5.10 Å². The number of hydrogen-bond acceptors (Lipinski definition) is 3. The van der Waals surface area contributed by atoms with Crippen molar-refractivity contribution in [2.24, 2.45) is 0 Å². The molecule has 1 heterocycles. The quantitative estimate of drug-likeness (QED) is 0.733. The first-order chi connectivity index (χ1) is 10.7. The van der Waals surface area contributed by atoms with Crippen LogP contribution in [-0.4, -0.2) is 33.6 Å². The molecule has 6 nitrogen and oxygen atoms in total. The summed E-state index contributed by atoms with van der Waals surface area (Å²) in [4.78, 5) is 12.0. The topological polar surface area (TPSA) is 79.2 Å². The van der Waals surface area contributed by atoms with Gasteiger partial charge in [-0.05, 0) is 36.6 Å². The number of urea groups is 1. The third-order valence-electron chi connectivity index (χ3n) is 3.39. The highest BCUT2D eigenvalue weighted by Crippen LogP contribution is 2.12. The number of aliphatic hydroxyl groups excluding tert-OH is 1. The normalized spacial score (nSPS) is 11.9. The van der Waals surface area contributed by atoms with Gasteiger partial charge in [-0.25, -0.2) is 4.79 Å². The van der Waals surface area contributed by atoms with Crippen LogP contribution in [0.1, 0.15) is 25.3 Å². The Balaban J connectivity index is 1.93. The lowest BCUT2D eigenvalue weighted by atomic mass is 10.1. The Kier molecular flexibility index (Phi) is 5.97. The number of nitrogens with zero attached hydrogens (tertiary/aromatic N) is 2. The first kappa shape index (κ1) is 16.0. The lowest BCUT2D eigenvalue weighted by molar-refractivity contribution is 0.237. The Morgan fingerprint density at radius 3 is 2.95 bits per heavy atom. The number of nitrogens with one attached hydrogen (secondary N) is 2. The summed E-state index contributed by atoms with van der Waals surface area (Å²) in [7, 11) is 0. The third kappa shape index (κ3) is 4.89. The van der Waals surface area contributed by atoms with Crippen LogP contribution in [0.15, 0.2) is 42.7 Å². The van der Waals surface area contributed by atoms with E-state index in [0.717, 1.165) is 17.7 Å². The van der Waals surface area contributed by atoms with Gasteiger partial charge in [-0.1, -0.05) is 19.1 Å². The average molecular weight is 302 g/mol. The molecular weight excluding hydrogens is 280 g/mol. The maximum Gasteiger partial charge on any atom is 0.319 e. The first-order valence-corrected chi connectivity index (χ1v) is 7.46. The fraction of sp³-hybridized carbons (Fsp3) is 0.375. The van der Waals surface area contributed by atoms with Crippen LogP contribution in [0.2, 0.25) is 0 Å². The van der Waals surface area contributed by atoms with Crippen LogP contribution in [0, 0.1) is 0 Å². The van der Waals surface area contributed by atoms with Crippen molar-refractivity contribution in [2.75, 3.05) is 11.9 Å². The Morgan fingerprint density at radius 2 is 2.27 bits per heavy atom. The molecule has 3 N–H and O–H groups in total. The monoisotopic (exact) mass is 302 g/mol. The number of amides is 2. The number of anilines is 1. The minimum atomic E-state index is -0.253. The smallest absolute Gasteiger partial charge is 0.319 e. The number of aliphatic hydroxyl groups is 1. The van der Waals surface area contributed by atoms with Crippen LogP contribution in [0.3, 0.4) is 0 Å². The number of aromatic nitrogens is 2. The van der Waals surface area contributed by atoms with E-state index in [2.05, 4.69) is 15.7 Å². The second-order valence-electron chi connectivity index (χ2n) is 5.12. The fourth-order valence-corrected chi connectivity index (χ4v) is 2.22. The summed E-state index contributed by atoms with van der Waals surface area (Å²) in [5.41, 5.74) is 1.80. The molecule has 1 atom stereocenters. The second kappa shape index (κ2) is 8.19. The summed E-state index contributed by atoms with van der Waals surface area (Å²) >= 11 is 0. The standard InChI is InChI=1S/C16H22N4O2/c1-2-14(7-10-21)18-16(22)19-15-6-3-5-13(11-15)12-20-9-4-8-17-20/h3-6,8-9,11,14,21H,2,7,10,12H2,1H3,(H2,18,19,22). The number of hydrogen-bond donors (Lipinski definition) is 3. The molecule has 0 aliphatic carbocycles. The molecule has 0 radical (unpaired) electrons. The zero-order valence-corrected chi connectivity index (χ0v) is 12.7. The molecule has 0 saturated carbocycles. The van der Waals surface area contributed by atoms with E-state index in [0.29, 0.717) is 13.0 Å². The zero-order valence-electron chi connectivity index (χ0n) is 12.7. The van der Waals surface area contributed by atoms with Crippen LogP contribution >= 0.6 is 0 Å². The van der Waals surface area contributed by atoms with Crippen molar-refractivity contribution in [1.29, 1.82) is 0 Å². The van der Waals surface area contributed by atoms with Gasteiger partial charge in [-0.3, -0.25) is 4.68 Å². The highest BCUT2D eigenvalue weighted by molar-refractivity contribution is 5.89. The molecule has 118 valence electrons. The van der Waals surface area contributed by atoms with Gasteiger partial charge >= 0.3 is 6.03 Å². The predicted molar refractivity (Wildman–Crippen MR) is 85.7 cm³/mol. The molecule has 1 aromatic carbocycles. The summed E-state index contributed by atoms with van der Waals surface area (Å²) in [6.07, 6.45) is 4.98. The van der Waals surface area contributed by atoms with Gasteiger partial charge in [0.15, 0.2) is 0 Å². The Morgan fingerprint density at radius 1 is 1.41 bits per heavy atom. The van der Waals surface area contributed by atoms with Crippen LogP contribution in [0.25, 0.3) is 0 Å². The van der Waals surface area contributed by atoms with Crippen molar-refractivity contribution in [3.05, 3.63) is 48.3 Å². The SMILES string of the molecule is CCC(CCO)NC(=O)Nc1cccc(Cn2cccn2)c1. The first-order valence-electron chi connectivity index (χ1n) is 7.46. The van der Waals surface area contributed by atoms with E-state index in [4.69, 9.17) is 5.11 Å². The maximum atomic E-state index is 12.0. The van der Waals surface area contributed by atoms with Crippen molar-refractivity contribution < 1.29 is 9.90 Å². The van der Waals surface area contributed by atoms with E-state index in [1.165, 1.54) is 0 Å². The average Bonchev–Trinajstić information content (AvgIpc) is 3.00. The summed E-state index contributed by atoms with van der Waals surface area (Å²) in [5, 5.41) is 18.8. The van der Waals surface area contributed by atoms with Crippen molar-refractivity contribution in [1.82, 2.24) is 15.1 Å². The molecular formula is C16H22N4O2. The molecule has 1 aromatic heterocycles. The van der Waals surface area contributed by atoms with Gasteiger partial charge in [0.25, 0.3) is 0 Å². The van der Waals surface area contributed by atoms with E-state index in [-0.39, 0.29) is 18.7 Å². The molecule has 0 saturated heterocycles. The van der Waals surface area contributed by atoms with Gasteiger partial charge in [0.05, 0.1) is 6.54 Å². The van der Waals surface area contributed by atoms with E-state index in [1.54, 1.807) is 6.20 Å². The van der Waals surface area contributed by atoms with Crippen molar-refractivity contribution in [3.63, 3.8) is 0 Å². The zero-order chi connectivity index (χ0) is 15.8. The maximum absolute atomic E-state index is 12.0. The summed E-state index contributed by atoms with van der Waals surface area (Å²) < 4.78 is 1.83. The van der Waals surface area contributed by atoms with E-state index in [1.807, 2.05) is 48.1 Å². The van der Waals surface area contributed by atoms with Crippen molar-refractivity contribution in [2.45, 2.75) is 32.4 Å². The highest BCUT2D eigenvalue weighted by Gasteiger charge is 2.10. The molecule has 2 aromatic rings. The van der Waals surface area contributed by atoms with Gasteiger partial charge in [0.1, 0.15) is 0 Å².